The average molecular weight is 864 g/mol. The first-order chi connectivity index (χ1) is 32.9. The molecule has 5 heteroatoms. The van der Waals surface area contributed by atoms with E-state index in [-0.39, 0.29) is 28.6 Å². The molecule has 67 heavy (non-hydrogen) atoms. The van der Waals surface area contributed by atoms with Gasteiger partial charge in [0.25, 0.3) is 0 Å². The molecule has 3 aromatic carbocycles. The second kappa shape index (κ2) is 13.7. The van der Waals surface area contributed by atoms with Crippen LogP contribution in [0.2, 0.25) is 0 Å². The number of fused-ring (bicyclic) bond motifs is 8. The van der Waals surface area contributed by atoms with Crippen molar-refractivity contribution in [3.63, 3.8) is 0 Å². The number of rotatable bonds is 7. The van der Waals surface area contributed by atoms with Crippen molar-refractivity contribution in [2.75, 3.05) is 0 Å². The number of hydrogen-bond donors (Lipinski definition) is 0. The van der Waals surface area contributed by atoms with E-state index in [0.717, 1.165) is 41.4 Å². The van der Waals surface area contributed by atoms with Crippen molar-refractivity contribution in [3.8, 4) is 33.8 Å². The fraction of sp³-hybridized carbons (Fsp3) is 0.242. The van der Waals surface area contributed by atoms with Crippen LogP contribution < -0.4 is 0 Å². The molecule has 0 spiro atoms. The highest BCUT2D eigenvalue weighted by atomic mass is 15.0. The first kappa shape index (κ1) is 38.0. The topological polar surface area (TPSA) is 63.9 Å². The predicted molar refractivity (Wildman–Crippen MR) is 269 cm³/mol. The predicted octanol–water partition coefficient (Wildman–Crippen LogP) is 13.4. The van der Waals surface area contributed by atoms with Gasteiger partial charge in [0.2, 0.25) is 0 Å². The van der Waals surface area contributed by atoms with Crippen molar-refractivity contribution < 1.29 is 0 Å². The van der Waals surface area contributed by atoms with E-state index in [1.807, 2.05) is 12.4 Å². The largest absolute Gasteiger partial charge is 0.268 e. The number of hydrogen-bond acceptors (Lipinski definition) is 5. The van der Waals surface area contributed by atoms with E-state index in [9.17, 15) is 0 Å². The van der Waals surface area contributed by atoms with Crippen LogP contribution in [-0.4, -0.2) is 26.2 Å². The van der Waals surface area contributed by atoms with Crippen molar-refractivity contribution in [1.29, 1.82) is 0 Å². The number of aliphatic imine (C=N–C) groups is 1. The summed E-state index contributed by atoms with van der Waals surface area (Å²) in [7, 11) is 0. The monoisotopic (exact) mass is 863 g/mol. The van der Waals surface area contributed by atoms with Crippen molar-refractivity contribution >= 4 is 22.9 Å². The van der Waals surface area contributed by atoms with Crippen LogP contribution in [0.3, 0.4) is 0 Å². The Hall–Kier alpha value is -7.11. The highest BCUT2D eigenvalue weighted by molar-refractivity contribution is 5.89. The van der Waals surface area contributed by atoms with Crippen LogP contribution in [0.1, 0.15) is 72.9 Å². The number of aromatic nitrogens is 4. The van der Waals surface area contributed by atoms with Crippen LogP contribution in [0, 0.1) is 41.4 Å². The normalized spacial score (nSPS) is 30.8. The van der Waals surface area contributed by atoms with Crippen LogP contribution in [0.4, 0.5) is 0 Å². The Morgan fingerprint density at radius 1 is 0.657 bits per heavy atom. The zero-order valence-corrected chi connectivity index (χ0v) is 37.7. The number of benzene rings is 3. The Bertz CT molecular complexity index is 3400. The molecule has 5 nitrogen and oxygen atoms in total. The highest BCUT2D eigenvalue weighted by Crippen LogP contribution is 2.68. The van der Waals surface area contributed by atoms with Gasteiger partial charge in [-0.15, -0.1) is 0 Å². The molecule has 0 bridgehead atoms. The van der Waals surface area contributed by atoms with Crippen LogP contribution in [0.15, 0.2) is 192 Å². The lowest BCUT2D eigenvalue weighted by Crippen LogP contribution is -2.44. The zero-order valence-electron chi connectivity index (χ0n) is 37.7. The molecule has 4 aromatic rings. The molecule has 0 amide bonds. The lowest BCUT2D eigenvalue weighted by molar-refractivity contribution is 0.333. The molecule has 9 unspecified atom stereocenters. The van der Waals surface area contributed by atoms with E-state index >= 15 is 0 Å². The second-order valence-corrected chi connectivity index (χ2v) is 21.1. The summed E-state index contributed by atoms with van der Waals surface area (Å²) in [5.74, 6) is 5.26. The summed E-state index contributed by atoms with van der Waals surface area (Å²) >= 11 is 0. The molecule has 9 atom stereocenters. The van der Waals surface area contributed by atoms with E-state index in [4.69, 9.17) is 24.9 Å². The number of allylic oxidation sites excluding steroid dienone is 19. The van der Waals surface area contributed by atoms with Crippen molar-refractivity contribution in [2.24, 2.45) is 46.4 Å². The minimum atomic E-state index is -0.332. The quantitative estimate of drug-likeness (QED) is 0.160. The summed E-state index contributed by atoms with van der Waals surface area (Å²) < 4.78 is 0. The van der Waals surface area contributed by atoms with Gasteiger partial charge < -0.3 is 0 Å². The molecule has 3 heterocycles. The van der Waals surface area contributed by atoms with Gasteiger partial charge >= 0.3 is 0 Å². The molecule has 0 saturated heterocycles. The van der Waals surface area contributed by atoms with Gasteiger partial charge in [0.15, 0.2) is 11.6 Å². The maximum absolute atomic E-state index is 5.52. The minimum Gasteiger partial charge on any atom is -0.268 e. The third kappa shape index (κ3) is 5.46. The first-order valence-corrected chi connectivity index (χ1v) is 24.5. The summed E-state index contributed by atoms with van der Waals surface area (Å²) in [4.78, 5) is 26.2. The summed E-state index contributed by atoms with van der Waals surface area (Å²) in [6.45, 7) is 4.76. The van der Waals surface area contributed by atoms with E-state index < -0.39 is 0 Å². The molecule has 9 aliphatic carbocycles. The summed E-state index contributed by atoms with van der Waals surface area (Å²) in [6, 6.07) is 29.2. The second-order valence-electron chi connectivity index (χ2n) is 21.1. The molecular formula is C62H49N5. The molecule has 1 aromatic heterocycles. The Labute approximate surface area is 392 Å². The summed E-state index contributed by atoms with van der Waals surface area (Å²) in [5.41, 5.74) is 19.1. The lowest BCUT2D eigenvalue weighted by Gasteiger charge is -2.46. The fourth-order valence-corrected chi connectivity index (χ4v) is 13.7. The number of pyridine rings is 1. The van der Waals surface area contributed by atoms with Crippen molar-refractivity contribution in [2.45, 2.75) is 49.9 Å². The van der Waals surface area contributed by atoms with E-state index in [1.165, 1.54) is 73.4 Å². The Balaban J connectivity index is 0.890. The molecule has 2 aliphatic heterocycles. The zero-order chi connectivity index (χ0) is 44.2. The average Bonchev–Trinajstić information content (AvgIpc) is 4.30. The summed E-state index contributed by atoms with van der Waals surface area (Å²) in [6.07, 6.45) is 40.2. The number of nitrogens with zero attached hydrogens (tertiary/aromatic N) is 5. The smallest absolute Gasteiger partial charge is 0.163 e. The third-order valence-electron chi connectivity index (χ3n) is 17.2. The van der Waals surface area contributed by atoms with Crippen LogP contribution >= 0.6 is 0 Å². The van der Waals surface area contributed by atoms with Crippen molar-refractivity contribution in [1.82, 2.24) is 19.9 Å². The first-order valence-electron chi connectivity index (χ1n) is 24.5. The molecule has 322 valence electrons. The Morgan fingerprint density at radius 2 is 1.49 bits per heavy atom. The molecule has 11 aliphatic rings. The molecule has 15 rings (SSSR count). The highest BCUT2D eigenvalue weighted by Gasteiger charge is 2.62. The minimum absolute atomic E-state index is 0.0302. The molecule has 0 N–H and O–H groups in total. The van der Waals surface area contributed by atoms with Gasteiger partial charge in [-0.3, -0.25) is 9.98 Å². The van der Waals surface area contributed by atoms with Crippen molar-refractivity contribution in [3.05, 3.63) is 221 Å². The van der Waals surface area contributed by atoms with Gasteiger partial charge in [0, 0.05) is 69.8 Å². The Morgan fingerprint density at radius 3 is 2.37 bits per heavy atom. The van der Waals surface area contributed by atoms with E-state index in [1.54, 1.807) is 5.57 Å². The SMILES string of the molecule is CC1(C)C2=C(C=CC(c3nc(C4=CC=CC5CC45)nc(-c4cc(C5=CC6C(C=C5)C5=C(C=CC7CC57)C6(c5cc6cnc5-6)C5C=CC=CN=C5)cc(-c5ccccc5)c4)n3)C2)c2ccccc21. The van der Waals surface area contributed by atoms with Gasteiger partial charge in [0.05, 0.1) is 5.69 Å². The molecule has 2 fully saturated rings. The standard InChI is InChI=1S/C62H49N5/c1-61(2)51-17-7-6-15-45(51)46-21-19-39(31-53(46)61)58-65-59(67-60(66-58)47-16-10-13-37-28-49(37)47)42-26-40(35-11-4-3-5-12-35)25-41(27-42)36-18-22-48-54(30-36)62(44-14-8-9-24-63-34-44,55-32-43-33-64-57(43)55)52-23-20-38-29-50(38)56(48)52/h3-27,30,32-34,37-39,44,48-50,54H,28-29,31H2,1-2H3. The third-order valence-corrected chi connectivity index (χ3v) is 17.2. The van der Waals surface area contributed by atoms with Gasteiger partial charge in [-0.1, -0.05) is 153 Å². The molecular weight excluding hydrogens is 815 g/mol. The molecule has 2 saturated carbocycles. The van der Waals surface area contributed by atoms with Crippen LogP contribution in [-0.2, 0) is 10.8 Å². The maximum Gasteiger partial charge on any atom is 0.163 e. The van der Waals surface area contributed by atoms with E-state index in [0.29, 0.717) is 29.6 Å². The summed E-state index contributed by atoms with van der Waals surface area (Å²) in [5, 5.41) is 0. The van der Waals surface area contributed by atoms with Gasteiger partial charge in [-0.25, -0.2) is 15.0 Å². The van der Waals surface area contributed by atoms with Crippen LogP contribution in [0.5, 0.6) is 0 Å². The maximum atomic E-state index is 5.52. The Kier molecular flexibility index (Phi) is 7.80. The lowest BCUT2D eigenvalue weighted by atomic mass is 9.56. The molecule has 0 radical (unpaired) electrons. The van der Waals surface area contributed by atoms with E-state index in [2.05, 4.69) is 178 Å². The van der Waals surface area contributed by atoms with Crippen LogP contribution in [0.25, 0.3) is 50.5 Å². The van der Waals surface area contributed by atoms with Gasteiger partial charge in [0.1, 0.15) is 5.82 Å². The van der Waals surface area contributed by atoms with Gasteiger partial charge in [-0.2, -0.15) is 0 Å². The fourth-order valence-electron chi connectivity index (χ4n) is 13.7. The van der Waals surface area contributed by atoms with Gasteiger partial charge in [-0.05, 0) is 123 Å².